The third-order valence-electron chi connectivity index (χ3n) is 3.32. The summed E-state index contributed by atoms with van der Waals surface area (Å²) < 4.78 is 37.3. The summed E-state index contributed by atoms with van der Waals surface area (Å²) in [7, 11) is 0. The molecular weight excluding hydrogens is 341 g/mol. The van der Waals surface area contributed by atoms with E-state index < -0.39 is 11.7 Å². The Hall–Kier alpha value is -2.21. The molecule has 7 heteroatoms. The van der Waals surface area contributed by atoms with Gasteiger partial charge in [-0.3, -0.25) is 0 Å². The van der Waals surface area contributed by atoms with Crippen LogP contribution in [0.15, 0.2) is 48.5 Å². The van der Waals surface area contributed by atoms with Gasteiger partial charge in [-0.2, -0.15) is 13.2 Å². The van der Waals surface area contributed by atoms with Gasteiger partial charge in [0.2, 0.25) is 0 Å². The van der Waals surface area contributed by atoms with Gasteiger partial charge >= 0.3 is 12.2 Å². The first-order valence-corrected chi connectivity index (χ1v) is 7.64. The number of hydrogen-bond acceptors (Lipinski definition) is 1. The Morgan fingerprint density at radius 1 is 1.00 bits per heavy atom. The fraction of sp³-hybridized carbons (Fsp3) is 0.235. The lowest BCUT2D eigenvalue weighted by Gasteiger charge is -2.10. The molecule has 0 unspecified atom stereocenters. The van der Waals surface area contributed by atoms with E-state index >= 15 is 0 Å². The Bertz CT molecular complexity index is 687. The molecule has 0 aliphatic heterocycles. The summed E-state index contributed by atoms with van der Waals surface area (Å²) in [6, 6.07) is 11.6. The van der Waals surface area contributed by atoms with Crippen LogP contribution >= 0.6 is 11.6 Å². The number of rotatable bonds is 5. The average molecular weight is 357 g/mol. The summed E-state index contributed by atoms with van der Waals surface area (Å²) in [5.74, 6) is 0. The van der Waals surface area contributed by atoms with E-state index in [-0.39, 0.29) is 12.6 Å². The number of alkyl halides is 3. The van der Waals surface area contributed by atoms with Crippen LogP contribution in [0.3, 0.4) is 0 Å². The summed E-state index contributed by atoms with van der Waals surface area (Å²) >= 11 is 5.87. The van der Waals surface area contributed by atoms with Gasteiger partial charge in [0.15, 0.2) is 0 Å². The molecule has 0 heterocycles. The largest absolute Gasteiger partial charge is 0.416 e. The maximum absolute atomic E-state index is 12.4. The second kappa shape index (κ2) is 8.06. The van der Waals surface area contributed by atoms with Gasteiger partial charge in [0, 0.05) is 18.1 Å². The van der Waals surface area contributed by atoms with Crippen LogP contribution in [0.5, 0.6) is 0 Å². The lowest BCUT2D eigenvalue weighted by molar-refractivity contribution is -0.137. The van der Waals surface area contributed by atoms with Gasteiger partial charge in [-0.1, -0.05) is 35.9 Å². The zero-order valence-corrected chi connectivity index (χ0v) is 13.4. The molecule has 0 aliphatic carbocycles. The van der Waals surface area contributed by atoms with Crippen LogP contribution in [-0.4, -0.2) is 12.6 Å². The number of carbonyl (C=O) groups excluding carboxylic acids is 1. The Labute approximate surface area is 142 Å². The molecule has 2 rings (SSSR count). The highest BCUT2D eigenvalue weighted by molar-refractivity contribution is 6.30. The van der Waals surface area contributed by atoms with E-state index in [1.165, 1.54) is 12.1 Å². The topological polar surface area (TPSA) is 41.1 Å². The van der Waals surface area contributed by atoms with E-state index in [2.05, 4.69) is 10.6 Å². The molecule has 0 aliphatic rings. The Morgan fingerprint density at radius 3 is 2.33 bits per heavy atom. The molecule has 2 aromatic rings. The van der Waals surface area contributed by atoms with Gasteiger partial charge < -0.3 is 10.6 Å². The highest BCUT2D eigenvalue weighted by Crippen LogP contribution is 2.29. The Morgan fingerprint density at radius 2 is 1.71 bits per heavy atom. The van der Waals surface area contributed by atoms with Crippen LogP contribution in [0.4, 0.5) is 18.0 Å². The zero-order chi connectivity index (χ0) is 17.6. The summed E-state index contributed by atoms with van der Waals surface area (Å²) in [6.45, 7) is 0.584. The fourth-order valence-electron chi connectivity index (χ4n) is 2.07. The van der Waals surface area contributed by atoms with Crippen LogP contribution in [0, 0.1) is 0 Å². The number of urea groups is 1. The van der Waals surface area contributed by atoms with E-state index in [9.17, 15) is 18.0 Å². The van der Waals surface area contributed by atoms with Crippen molar-refractivity contribution in [2.75, 3.05) is 6.54 Å². The summed E-state index contributed by atoms with van der Waals surface area (Å²) in [5.41, 5.74) is 0.885. The van der Waals surface area contributed by atoms with E-state index in [1.54, 1.807) is 6.07 Å². The minimum Gasteiger partial charge on any atom is -0.338 e. The smallest absolute Gasteiger partial charge is 0.338 e. The van der Waals surface area contributed by atoms with Gasteiger partial charge in [0.25, 0.3) is 0 Å². The number of carbonyl (C=O) groups is 1. The first kappa shape index (κ1) is 18.1. The Kier molecular flexibility index (Phi) is 6.09. The maximum atomic E-state index is 12.4. The van der Waals surface area contributed by atoms with Gasteiger partial charge in [0.05, 0.1) is 5.56 Å². The first-order chi connectivity index (χ1) is 11.3. The summed E-state index contributed by atoms with van der Waals surface area (Å²) in [5, 5.41) is 5.92. The van der Waals surface area contributed by atoms with Crippen LogP contribution in [-0.2, 0) is 19.1 Å². The molecule has 2 amide bonds. The maximum Gasteiger partial charge on any atom is 0.416 e. The minimum atomic E-state index is -4.36. The SMILES string of the molecule is O=C(NCCc1cccc(Cl)c1)NCc1ccc(C(F)(F)F)cc1. The van der Waals surface area contributed by atoms with Gasteiger partial charge in [-0.25, -0.2) is 4.79 Å². The van der Waals surface area contributed by atoms with Gasteiger partial charge in [-0.15, -0.1) is 0 Å². The molecule has 0 aromatic heterocycles. The zero-order valence-electron chi connectivity index (χ0n) is 12.7. The molecule has 0 saturated heterocycles. The molecule has 0 bridgehead atoms. The number of benzene rings is 2. The van der Waals surface area contributed by atoms with Crippen molar-refractivity contribution in [3.63, 3.8) is 0 Å². The van der Waals surface area contributed by atoms with Crippen molar-refractivity contribution in [1.29, 1.82) is 0 Å². The van der Waals surface area contributed by atoms with Crippen molar-refractivity contribution < 1.29 is 18.0 Å². The standard InChI is InChI=1S/C17H16ClF3N2O/c18-15-3-1-2-12(10-15)8-9-22-16(24)23-11-13-4-6-14(7-5-13)17(19,20)21/h1-7,10H,8-9,11H2,(H2,22,23,24). The average Bonchev–Trinajstić information content (AvgIpc) is 2.52. The molecular formula is C17H16ClF3N2O. The molecule has 0 fully saturated rings. The number of halogens is 4. The van der Waals surface area contributed by atoms with Crippen molar-refractivity contribution in [2.24, 2.45) is 0 Å². The van der Waals surface area contributed by atoms with Crippen molar-refractivity contribution in [3.05, 3.63) is 70.2 Å². The molecule has 3 nitrogen and oxygen atoms in total. The van der Waals surface area contributed by atoms with E-state index in [0.717, 1.165) is 17.7 Å². The second-order valence-electron chi connectivity index (χ2n) is 5.18. The molecule has 0 radical (unpaired) electrons. The number of hydrogen-bond donors (Lipinski definition) is 2. The van der Waals surface area contributed by atoms with Gasteiger partial charge in [0.1, 0.15) is 0 Å². The second-order valence-corrected chi connectivity index (χ2v) is 5.62. The van der Waals surface area contributed by atoms with Crippen LogP contribution in [0.25, 0.3) is 0 Å². The van der Waals surface area contributed by atoms with E-state index in [1.807, 2.05) is 18.2 Å². The third kappa shape index (κ3) is 5.77. The molecule has 0 spiro atoms. The highest BCUT2D eigenvalue weighted by atomic mass is 35.5. The lowest BCUT2D eigenvalue weighted by atomic mass is 10.1. The molecule has 128 valence electrons. The van der Waals surface area contributed by atoms with Crippen LogP contribution in [0.1, 0.15) is 16.7 Å². The van der Waals surface area contributed by atoms with Crippen LogP contribution in [0.2, 0.25) is 5.02 Å². The molecule has 0 atom stereocenters. The van der Waals surface area contributed by atoms with Gasteiger partial charge in [-0.05, 0) is 41.8 Å². The summed E-state index contributed by atoms with van der Waals surface area (Å²) in [4.78, 5) is 11.7. The predicted molar refractivity (Wildman–Crippen MR) is 86.8 cm³/mol. The van der Waals surface area contributed by atoms with Crippen LogP contribution < -0.4 is 10.6 Å². The lowest BCUT2D eigenvalue weighted by Crippen LogP contribution is -2.36. The number of amides is 2. The fourth-order valence-corrected chi connectivity index (χ4v) is 2.28. The van der Waals surface area contributed by atoms with Crippen molar-refractivity contribution >= 4 is 17.6 Å². The quantitative estimate of drug-likeness (QED) is 0.819. The monoisotopic (exact) mass is 356 g/mol. The molecule has 0 saturated carbocycles. The van der Waals surface area contributed by atoms with E-state index in [4.69, 9.17) is 11.6 Å². The molecule has 2 N–H and O–H groups in total. The molecule has 2 aromatic carbocycles. The van der Waals surface area contributed by atoms with Crippen molar-refractivity contribution in [1.82, 2.24) is 10.6 Å². The number of nitrogens with one attached hydrogen (secondary N) is 2. The third-order valence-corrected chi connectivity index (χ3v) is 3.56. The van der Waals surface area contributed by atoms with Crippen molar-refractivity contribution in [2.45, 2.75) is 19.1 Å². The van der Waals surface area contributed by atoms with Crippen molar-refractivity contribution in [3.8, 4) is 0 Å². The Balaban J connectivity index is 1.73. The normalized spacial score (nSPS) is 11.2. The predicted octanol–water partition coefficient (Wildman–Crippen LogP) is 4.40. The minimum absolute atomic E-state index is 0.154. The summed E-state index contributed by atoms with van der Waals surface area (Å²) in [6.07, 6.45) is -3.72. The molecule has 24 heavy (non-hydrogen) atoms. The highest BCUT2D eigenvalue weighted by Gasteiger charge is 2.29. The first-order valence-electron chi connectivity index (χ1n) is 7.27. The van der Waals surface area contributed by atoms with E-state index in [0.29, 0.717) is 23.6 Å².